The predicted octanol–water partition coefficient (Wildman–Crippen LogP) is 2.68. The Kier molecular flexibility index (Phi) is 2.94. The normalized spacial score (nSPS) is 30.2. The van der Waals surface area contributed by atoms with Crippen LogP contribution in [0.2, 0.25) is 0 Å². The van der Waals surface area contributed by atoms with Crippen molar-refractivity contribution in [3.63, 3.8) is 0 Å². The molecule has 1 nitrogen and oxygen atoms in total. The van der Waals surface area contributed by atoms with Crippen molar-refractivity contribution in [1.82, 2.24) is 4.90 Å². The second-order valence-corrected chi connectivity index (χ2v) is 4.82. The zero-order chi connectivity index (χ0) is 9.19. The largest absolute Gasteiger partial charge is 0.302 e. The molecule has 12 heavy (non-hydrogen) atoms. The van der Waals surface area contributed by atoms with Gasteiger partial charge in [0, 0.05) is 6.54 Å². The Labute approximate surface area is 76.5 Å². The molecule has 0 aromatic carbocycles. The smallest absolute Gasteiger partial charge is 0.0187 e. The molecule has 0 unspecified atom stereocenters. The van der Waals surface area contributed by atoms with Crippen LogP contribution in [0.3, 0.4) is 0 Å². The second-order valence-electron chi connectivity index (χ2n) is 4.82. The highest BCUT2D eigenvalue weighted by atomic mass is 15.1. The molecule has 0 aliphatic carbocycles. The van der Waals surface area contributed by atoms with Crippen LogP contribution in [-0.4, -0.2) is 25.0 Å². The minimum absolute atomic E-state index is 0.422. The maximum absolute atomic E-state index is 2.43. The minimum Gasteiger partial charge on any atom is -0.302 e. The van der Waals surface area contributed by atoms with Crippen molar-refractivity contribution in [1.29, 1.82) is 0 Å². The maximum atomic E-state index is 2.43. The number of hydrogen-bond donors (Lipinski definition) is 0. The van der Waals surface area contributed by atoms with Crippen molar-refractivity contribution in [2.24, 2.45) is 5.41 Å². The summed E-state index contributed by atoms with van der Waals surface area (Å²) in [6.07, 6.45) is 5.07. The molecule has 0 fully saturated rings. The number of allylic oxidation sites excluding steroid dienone is 1. The van der Waals surface area contributed by atoms with E-state index in [4.69, 9.17) is 0 Å². The van der Waals surface area contributed by atoms with E-state index in [1.54, 1.807) is 0 Å². The molecule has 1 rings (SSSR count). The molecule has 0 saturated carbocycles. The first kappa shape index (κ1) is 9.79. The van der Waals surface area contributed by atoms with E-state index in [2.05, 4.69) is 38.8 Å². The van der Waals surface area contributed by atoms with Crippen molar-refractivity contribution >= 4 is 0 Å². The molecule has 0 radical (unpaired) electrons. The van der Waals surface area contributed by atoms with Crippen LogP contribution < -0.4 is 0 Å². The van der Waals surface area contributed by atoms with Crippen molar-refractivity contribution in [3.8, 4) is 0 Å². The molecular formula is C11H21N. The van der Waals surface area contributed by atoms with Gasteiger partial charge in [-0.3, -0.25) is 0 Å². The summed E-state index contributed by atoms with van der Waals surface area (Å²) < 4.78 is 0. The van der Waals surface area contributed by atoms with Gasteiger partial charge in [-0.05, 0) is 38.8 Å². The molecule has 70 valence electrons. The third-order valence-electron chi connectivity index (χ3n) is 2.52. The summed E-state index contributed by atoms with van der Waals surface area (Å²) in [5.41, 5.74) is 1.94. The molecule has 0 aromatic heterocycles. The molecular weight excluding hydrogens is 146 g/mol. The van der Waals surface area contributed by atoms with Gasteiger partial charge in [-0.1, -0.05) is 25.5 Å². The van der Waals surface area contributed by atoms with E-state index in [1.807, 2.05) is 0 Å². The Hall–Kier alpha value is -0.300. The lowest BCUT2D eigenvalue weighted by molar-refractivity contribution is 0.303. The predicted molar refractivity (Wildman–Crippen MR) is 54.3 cm³/mol. The molecule has 0 bridgehead atoms. The molecule has 0 amide bonds. The fraction of sp³-hybridized carbons (Fsp3) is 0.818. The molecule has 1 aliphatic rings. The standard InChI is InChI=1S/C11H21N/c1-10-8-11(2,3)6-5-7-12(4)9-10/h8H,5-7,9H2,1-4H3/b10-8-. The first-order chi connectivity index (χ1) is 5.49. The monoisotopic (exact) mass is 167 g/mol. The summed E-state index contributed by atoms with van der Waals surface area (Å²) in [5.74, 6) is 0. The van der Waals surface area contributed by atoms with E-state index in [9.17, 15) is 0 Å². The van der Waals surface area contributed by atoms with E-state index in [0.717, 1.165) is 6.54 Å². The molecule has 0 saturated heterocycles. The van der Waals surface area contributed by atoms with Gasteiger partial charge < -0.3 is 4.90 Å². The van der Waals surface area contributed by atoms with Crippen LogP contribution in [0.5, 0.6) is 0 Å². The van der Waals surface area contributed by atoms with Gasteiger partial charge in [0.15, 0.2) is 0 Å². The van der Waals surface area contributed by atoms with Gasteiger partial charge in [0.1, 0.15) is 0 Å². The molecule has 0 N–H and O–H groups in total. The van der Waals surface area contributed by atoms with Gasteiger partial charge in [-0.25, -0.2) is 0 Å². The van der Waals surface area contributed by atoms with Crippen molar-refractivity contribution in [3.05, 3.63) is 11.6 Å². The van der Waals surface area contributed by atoms with Gasteiger partial charge >= 0.3 is 0 Å². The average molecular weight is 167 g/mol. The van der Waals surface area contributed by atoms with Crippen LogP contribution in [-0.2, 0) is 0 Å². The maximum Gasteiger partial charge on any atom is 0.0187 e. The van der Waals surface area contributed by atoms with Gasteiger partial charge in [-0.15, -0.1) is 0 Å². The second kappa shape index (κ2) is 3.61. The lowest BCUT2D eigenvalue weighted by Gasteiger charge is -2.28. The van der Waals surface area contributed by atoms with Gasteiger partial charge in [0.2, 0.25) is 0 Å². The Balaban J connectivity index is 2.69. The lowest BCUT2D eigenvalue weighted by atomic mass is 9.85. The summed E-state index contributed by atoms with van der Waals surface area (Å²) >= 11 is 0. The highest BCUT2D eigenvalue weighted by molar-refractivity contribution is 5.07. The van der Waals surface area contributed by atoms with Crippen LogP contribution >= 0.6 is 0 Å². The molecule has 0 spiro atoms. The van der Waals surface area contributed by atoms with E-state index in [1.165, 1.54) is 25.0 Å². The summed E-state index contributed by atoms with van der Waals surface area (Å²) in [6, 6.07) is 0. The first-order valence-electron chi connectivity index (χ1n) is 4.86. The quantitative estimate of drug-likeness (QED) is 0.501. The summed E-state index contributed by atoms with van der Waals surface area (Å²) in [4.78, 5) is 2.40. The Morgan fingerprint density at radius 2 is 2.08 bits per heavy atom. The summed E-state index contributed by atoms with van der Waals surface area (Å²) in [7, 11) is 2.20. The number of rotatable bonds is 0. The lowest BCUT2D eigenvalue weighted by Crippen LogP contribution is -2.26. The van der Waals surface area contributed by atoms with Crippen LogP contribution in [0.25, 0.3) is 0 Å². The Morgan fingerprint density at radius 1 is 1.42 bits per heavy atom. The van der Waals surface area contributed by atoms with E-state index in [0.29, 0.717) is 5.41 Å². The Bertz CT molecular complexity index is 179. The fourth-order valence-corrected chi connectivity index (χ4v) is 2.09. The summed E-state index contributed by atoms with van der Waals surface area (Å²) in [6.45, 7) is 9.30. The van der Waals surface area contributed by atoms with E-state index < -0.39 is 0 Å². The highest BCUT2D eigenvalue weighted by Gasteiger charge is 2.17. The number of likely N-dealkylation sites (N-methyl/N-ethyl adjacent to an activating group) is 1. The van der Waals surface area contributed by atoms with Gasteiger partial charge in [0.05, 0.1) is 0 Å². The van der Waals surface area contributed by atoms with Crippen molar-refractivity contribution < 1.29 is 0 Å². The molecule has 0 atom stereocenters. The van der Waals surface area contributed by atoms with E-state index in [-0.39, 0.29) is 0 Å². The van der Waals surface area contributed by atoms with Crippen LogP contribution in [0, 0.1) is 5.41 Å². The molecule has 0 aromatic rings. The molecule has 1 heteroatoms. The average Bonchev–Trinajstić information content (AvgIpc) is 1.81. The zero-order valence-corrected chi connectivity index (χ0v) is 8.85. The van der Waals surface area contributed by atoms with Crippen LogP contribution in [0.15, 0.2) is 11.6 Å². The third-order valence-corrected chi connectivity index (χ3v) is 2.52. The van der Waals surface area contributed by atoms with Gasteiger partial charge in [0.25, 0.3) is 0 Å². The number of nitrogens with zero attached hydrogens (tertiary/aromatic N) is 1. The molecule has 1 aliphatic heterocycles. The highest BCUT2D eigenvalue weighted by Crippen LogP contribution is 2.27. The zero-order valence-electron chi connectivity index (χ0n) is 8.85. The first-order valence-corrected chi connectivity index (χ1v) is 4.86. The SMILES string of the molecule is C/C1=C/C(C)(C)CCCN(C)C1. The minimum atomic E-state index is 0.422. The van der Waals surface area contributed by atoms with Crippen LogP contribution in [0.4, 0.5) is 0 Å². The number of hydrogen-bond acceptors (Lipinski definition) is 1. The van der Waals surface area contributed by atoms with Crippen molar-refractivity contribution in [2.45, 2.75) is 33.6 Å². The van der Waals surface area contributed by atoms with E-state index >= 15 is 0 Å². The van der Waals surface area contributed by atoms with Crippen LogP contribution in [0.1, 0.15) is 33.6 Å². The van der Waals surface area contributed by atoms with Gasteiger partial charge in [-0.2, -0.15) is 0 Å². The fourth-order valence-electron chi connectivity index (χ4n) is 2.09. The third kappa shape index (κ3) is 2.98. The topological polar surface area (TPSA) is 3.24 Å². The van der Waals surface area contributed by atoms with Crippen molar-refractivity contribution in [2.75, 3.05) is 20.1 Å². The Morgan fingerprint density at radius 3 is 2.75 bits per heavy atom. The summed E-state index contributed by atoms with van der Waals surface area (Å²) in [5, 5.41) is 0. The molecule has 1 heterocycles.